The first-order chi connectivity index (χ1) is 11.0. The lowest BCUT2D eigenvalue weighted by atomic mass is 9.83. The maximum Gasteiger partial charge on any atom is 0.198 e. The standard InChI is InChI=1S/C14H8BrNO3.CH5N.CH4O/c15-8-5-9(17)10-11(12(8)16)14(19)7-4-2-1-3-6(7)13(10)18;2*1-2/h1-5,17H,16H2;2H2,1H3;2H,1H3. The summed E-state index contributed by atoms with van der Waals surface area (Å²) in [6.45, 7) is 0. The van der Waals surface area contributed by atoms with Gasteiger partial charge in [0.1, 0.15) is 5.75 Å². The summed E-state index contributed by atoms with van der Waals surface area (Å²) < 4.78 is 0.393. The summed E-state index contributed by atoms with van der Waals surface area (Å²) in [5.74, 6) is -0.981. The Labute approximate surface area is 141 Å². The first kappa shape index (κ1) is 18.8. The predicted molar refractivity (Wildman–Crippen MR) is 91.8 cm³/mol. The number of hydrogen-bond donors (Lipinski definition) is 4. The van der Waals surface area contributed by atoms with Crippen LogP contribution in [0.15, 0.2) is 34.8 Å². The van der Waals surface area contributed by atoms with Gasteiger partial charge in [0.2, 0.25) is 0 Å². The number of aromatic hydroxyl groups is 1. The third kappa shape index (κ3) is 3.12. The molecule has 1 aliphatic rings. The SMILES string of the molecule is CN.CO.Nc1c(Br)cc(O)c2c1C(=O)c1ccccc1C2=O. The van der Waals surface area contributed by atoms with Gasteiger partial charge in [-0.1, -0.05) is 24.3 Å². The normalized spacial score (nSPS) is 11.3. The number of nitrogens with two attached hydrogens (primary N) is 2. The Morgan fingerprint density at radius 2 is 1.39 bits per heavy atom. The number of aliphatic hydroxyl groups excluding tert-OH is 1. The maximum atomic E-state index is 12.4. The van der Waals surface area contributed by atoms with E-state index in [1.54, 1.807) is 24.3 Å². The van der Waals surface area contributed by atoms with Gasteiger partial charge in [0, 0.05) is 22.7 Å². The molecule has 0 unspecified atom stereocenters. The van der Waals surface area contributed by atoms with Crippen molar-refractivity contribution in [2.45, 2.75) is 0 Å². The first-order valence-electron chi connectivity index (χ1n) is 6.54. The van der Waals surface area contributed by atoms with Crippen molar-refractivity contribution in [2.24, 2.45) is 5.73 Å². The van der Waals surface area contributed by atoms with Gasteiger partial charge in [-0.15, -0.1) is 0 Å². The Balaban J connectivity index is 0.000000615. The molecule has 6 nitrogen and oxygen atoms in total. The molecule has 23 heavy (non-hydrogen) atoms. The Kier molecular flexibility index (Phi) is 6.44. The van der Waals surface area contributed by atoms with E-state index in [0.29, 0.717) is 10.0 Å². The summed E-state index contributed by atoms with van der Waals surface area (Å²) in [6, 6.07) is 7.83. The molecule has 0 fully saturated rings. The molecule has 0 spiro atoms. The second-order valence-corrected chi connectivity index (χ2v) is 5.10. The second kappa shape index (κ2) is 7.87. The van der Waals surface area contributed by atoms with Crippen molar-refractivity contribution in [2.75, 3.05) is 19.9 Å². The molecule has 6 N–H and O–H groups in total. The van der Waals surface area contributed by atoms with Gasteiger partial charge in [-0.05, 0) is 29.0 Å². The van der Waals surface area contributed by atoms with Gasteiger partial charge < -0.3 is 21.7 Å². The fraction of sp³-hybridized carbons (Fsp3) is 0.125. The highest BCUT2D eigenvalue weighted by Gasteiger charge is 2.34. The highest BCUT2D eigenvalue weighted by Crippen LogP contribution is 2.39. The van der Waals surface area contributed by atoms with Crippen LogP contribution in [0.25, 0.3) is 0 Å². The lowest BCUT2D eigenvalue weighted by Gasteiger charge is -2.20. The number of ketones is 2. The van der Waals surface area contributed by atoms with Gasteiger partial charge in [-0.2, -0.15) is 0 Å². The molecule has 0 amide bonds. The van der Waals surface area contributed by atoms with E-state index in [9.17, 15) is 14.7 Å². The van der Waals surface area contributed by atoms with Crippen molar-refractivity contribution < 1.29 is 19.8 Å². The van der Waals surface area contributed by atoms with E-state index in [-0.39, 0.29) is 39.7 Å². The number of hydrogen-bond acceptors (Lipinski definition) is 6. The van der Waals surface area contributed by atoms with Crippen LogP contribution in [0.2, 0.25) is 0 Å². The zero-order valence-corrected chi connectivity index (χ0v) is 14.2. The number of fused-ring (bicyclic) bond motifs is 2. The van der Waals surface area contributed by atoms with Crippen molar-refractivity contribution in [3.63, 3.8) is 0 Å². The van der Waals surface area contributed by atoms with Gasteiger partial charge in [0.05, 0.1) is 16.8 Å². The highest BCUT2D eigenvalue weighted by atomic mass is 79.9. The van der Waals surface area contributed by atoms with Crippen LogP contribution in [0.1, 0.15) is 31.8 Å². The number of carbonyl (C=O) groups is 2. The monoisotopic (exact) mass is 380 g/mol. The number of phenolic OH excluding ortho intramolecular Hbond substituents is 1. The van der Waals surface area contributed by atoms with Crippen molar-refractivity contribution in [1.82, 2.24) is 0 Å². The minimum Gasteiger partial charge on any atom is -0.507 e. The number of phenols is 1. The number of anilines is 1. The lowest BCUT2D eigenvalue weighted by Crippen LogP contribution is -2.22. The number of rotatable bonds is 0. The van der Waals surface area contributed by atoms with E-state index in [1.807, 2.05) is 0 Å². The van der Waals surface area contributed by atoms with E-state index in [2.05, 4.69) is 21.7 Å². The summed E-state index contributed by atoms with van der Waals surface area (Å²) in [6.07, 6.45) is 0. The summed E-state index contributed by atoms with van der Waals surface area (Å²) in [5, 5.41) is 16.9. The highest BCUT2D eigenvalue weighted by molar-refractivity contribution is 9.10. The molecule has 0 aromatic heterocycles. The molecular formula is C16H17BrN2O4. The molecule has 0 aliphatic heterocycles. The van der Waals surface area contributed by atoms with Crippen LogP contribution in [0.3, 0.4) is 0 Å². The minimum absolute atomic E-state index is 0.0237. The van der Waals surface area contributed by atoms with Crippen molar-refractivity contribution in [3.05, 3.63) is 57.1 Å². The average Bonchev–Trinajstić information content (AvgIpc) is 2.59. The van der Waals surface area contributed by atoms with Gasteiger partial charge in [0.15, 0.2) is 11.6 Å². The maximum absolute atomic E-state index is 12.4. The van der Waals surface area contributed by atoms with Crippen LogP contribution in [0, 0.1) is 0 Å². The summed E-state index contributed by atoms with van der Waals surface area (Å²) in [4.78, 5) is 24.8. The molecule has 7 heteroatoms. The molecule has 0 bridgehead atoms. The average molecular weight is 381 g/mol. The van der Waals surface area contributed by atoms with Crippen molar-refractivity contribution >= 4 is 33.2 Å². The molecule has 0 radical (unpaired) electrons. The Bertz CT molecular complexity index is 760. The van der Waals surface area contributed by atoms with Gasteiger partial charge >= 0.3 is 0 Å². The van der Waals surface area contributed by atoms with E-state index in [4.69, 9.17) is 10.8 Å². The number of halogens is 1. The fourth-order valence-electron chi connectivity index (χ4n) is 2.27. The van der Waals surface area contributed by atoms with Crippen LogP contribution in [0.5, 0.6) is 5.75 Å². The van der Waals surface area contributed by atoms with Crippen molar-refractivity contribution in [1.29, 1.82) is 0 Å². The molecule has 1 aliphatic carbocycles. The second-order valence-electron chi connectivity index (χ2n) is 4.25. The smallest absolute Gasteiger partial charge is 0.198 e. The summed E-state index contributed by atoms with van der Waals surface area (Å²) >= 11 is 3.16. The number of nitrogen functional groups attached to an aromatic ring is 1. The van der Waals surface area contributed by atoms with Crippen LogP contribution < -0.4 is 11.5 Å². The molecule has 122 valence electrons. The van der Waals surface area contributed by atoms with Crippen LogP contribution in [-0.2, 0) is 0 Å². The largest absolute Gasteiger partial charge is 0.507 e. The molecule has 0 atom stereocenters. The Morgan fingerprint density at radius 1 is 0.957 bits per heavy atom. The van der Waals surface area contributed by atoms with Crippen LogP contribution >= 0.6 is 15.9 Å². The fourth-order valence-corrected chi connectivity index (χ4v) is 2.68. The first-order valence-corrected chi connectivity index (χ1v) is 7.33. The van der Waals surface area contributed by atoms with Gasteiger partial charge in [-0.25, -0.2) is 0 Å². The van der Waals surface area contributed by atoms with Gasteiger partial charge in [0.25, 0.3) is 0 Å². The number of aliphatic hydroxyl groups is 1. The van der Waals surface area contributed by atoms with E-state index in [0.717, 1.165) is 7.11 Å². The zero-order chi connectivity index (χ0) is 17.7. The van der Waals surface area contributed by atoms with Gasteiger partial charge in [-0.3, -0.25) is 9.59 Å². The topological polar surface area (TPSA) is 127 Å². The third-order valence-corrected chi connectivity index (χ3v) is 3.82. The molecule has 2 aromatic carbocycles. The van der Waals surface area contributed by atoms with E-state index < -0.39 is 0 Å². The minimum atomic E-state index is -0.387. The number of benzene rings is 2. The third-order valence-electron chi connectivity index (χ3n) is 3.17. The molecule has 3 rings (SSSR count). The van der Waals surface area contributed by atoms with Crippen molar-refractivity contribution in [3.8, 4) is 5.75 Å². The van der Waals surface area contributed by atoms with E-state index >= 15 is 0 Å². The zero-order valence-electron chi connectivity index (χ0n) is 12.6. The molecule has 2 aromatic rings. The van der Waals surface area contributed by atoms with Crippen LogP contribution in [0.4, 0.5) is 5.69 Å². The molecular weight excluding hydrogens is 364 g/mol. The molecule has 0 saturated heterocycles. The number of carbonyl (C=O) groups excluding carboxylic acids is 2. The van der Waals surface area contributed by atoms with Crippen LogP contribution in [-0.4, -0.2) is 35.9 Å². The lowest BCUT2D eigenvalue weighted by molar-refractivity contribution is 0.0977. The Morgan fingerprint density at radius 3 is 1.87 bits per heavy atom. The van der Waals surface area contributed by atoms with E-state index in [1.165, 1.54) is 13.1 Å². The summed E-state index contributed by atoms with van der Waals surface area (Å²) in [7, 11) is 2.50. The Hall–Kier alpha value is -2.22. The summed E-state index contributed by atoms with van der Waals surface area (Å²) in [5.41, 5.74) is 11.2. The predicted octanol–water partition coefficient (Wildman–Crippen LogP) is 1.70. The molecule has 0 heterocycles. The quantitative estimate of drug-likeness (QED) is 0.347. The molecule has 0 saturated carbocycles.